The van der Waals surface area contributed by atoms with Crippen molar-refractivity contribution in [2.24, 2.45) is 5.92 Å². The molecule has 2 aliphatic rings. The van der Waals surface area contributed by atoms with Crippen LogP contribution in [0.2, 0.25) is 0 Å². The number of nitrogens with zero attached hydrogens (tertiary/aromatic N) is 1. The van der Waals surface area contributed by atoms with E-state index in [0.29, 0.717) is 5.91 Å². The Morgan fingerprint density at radius 2 is 1.83 bits per heavy atom. The van der Waals surface area contributed by atoms with Gasteiger partial charge < -0.3 is 10.2 Å². The summed E-state index contributed by atoms with van der Waals surface area (Å²) in [5.74, 6) is 1.18. The van der Waals surface area contributed by atoms with Gasteiger partial charge in [-0.25, -0.2) is 0 Å². The van der Waals surface area contributed by atoms with E-state index in [0.717, 1.165) is 51.2 Å². The summed E-state index contributed by atoms with van der Waals surface area (Å²) in [6, 6.07) is 10.5. The predicted molar refractivity (Wildman–Crippen MR) is 94.4 cm³/mol. The van der Waals surface area contributed by atoms with Crippen LogP contribution < -0.4 is 5.32 Å². The highest BCUT2D eigenvalue weighted by molar-refractivity contribution is 5.88. The van der Waals surface area contributed by atoms with E-state index >= 15 is 0 Å². The lowest BCUT2D eigenvalue weighted by Crippen LogP contribution is -2.48. The summed E-state index contributed by atoms with van der Waals surface area (Å²) in [6.45, 7) is 2.98. The van der Waals surface area contributed by atoms with Crippen LogP contribution in [0.1, 0.15) is 50.5 Å². The second-order valence-corrected chi connectivity index (χ2v) is 7.28. The molecule has 1 aliphatic heterocycles. The SMILES string of the molecule is CNCCC1CCN(C(=O)C2(c3ccccc3)CCCC2)CC1. The topological polar surface area (TPSA) is 32.3 Å². The third-order valence-corrected chi connectivity index (χ3v) is 5.90. The van der Waals surface area contributed by atoms with Crippen molar-refractivity contribution in [3.8, 4) is 0 Å². The minimum absolute atomic E-state index is 0.237. The lowest BCUT2D eigenvalue weighted by Gasteiger charge is -2.39. The molecule has 0 bridgehead atoms. The van der Waals surface area contributed by atoms with Gasteiger partial charge in [-0.15, -0.1) is 0 Å². The van der Waals surface area contributed by atoms with Crippen molar-refractivity contribution in [1.29, 1.82) is 0 Å². The molecule has 2 fully saturated rings. The summed E-state index contributed by atoms with van der Waals surface area (Å²) in [6.07, 6.45) is 7.97. The van der Waals surface area contributed by atoms with Crippen molar-refractivity contribution < 1.29 is 4.79 Å². The van der Waals surface area contributed by atoms with Crippen LogP contribution in [0.3, 0.4) is 0 Å². The molecule has 1 heterocycles. The van der Waals surface area contributed by atoms with E-state index in [1.54, 1.807) is 0 Å². The average molecular weight is 314 g/mol. The van der Waals surface area contributed by atoms with Crippen molar-refractivity contribution >= 4 is 5.91 Å². The summed E-state index contributed by atoms with van der Waals surface area (Å²) in [5.41, 5.74) is 0.999. The molecule has 0 unspecified atom stereocenters. The molecule has 1 amide bonds. The first-order valence-electron chi connectivity index (χ1n) is 9.26. The van der Waals surface area contributed by atoms with Crippen LogP contribution in [0.15, 0.2) is 30.3 Å². The molecule has 1 saturated heterocycles. The molecule has 1 aromatic carbocycles. The lowest BCUT2D eigenvalue weighted by atomic mass is 9.77. The zero-order chi connectivity index (χ0) is 16.1. The molecule has 0 aromatic heterocycles. The minimum Gasteiger partial charge on any atom is -0.342 e. The molecule has 1 aromatic rings. The number of carbonyl (C=O) groups excluding carboxylic acids is 1. The van der Waals surface area contributed by atoms with Gasteiger partial charge in [0.1, 0.15) is 0 Å². The minimum atomic E-state index is -0.237. The number of carbonyl (C=O) groups is 1. The van der Waals surface area contributed by atoms with Crippen molar-refractivity contribution in [2.45, 2.75) is 50.4 Å². The highest BCUT2D eigenvalue weighted by atomic mass is 16.2. The van der Waals surface area contributed by atoms with Gasteiger partial charge in [0.2, 0.25) is 5.91 Å². The van der Waals surface area contributed by atoms with Gasteiger partial charge in [-0.2, -0.15) is 0 Å². The maximum atomic E-state index is 13.4. The van der Waals surface area contributed by atoms with Crippen molar-refractivity contribution in [3.63, 3.8) is 0 Å². The van der Waals surface area contributed by atoms with Gasteiger partial charge in [-0.3, -0.25) is 4.79 Å². The summed E-state index contributed by atoms with van der Waals surface area (Å²) in [7, 11) is 2.02. The van der Waals surface area contributed by atoms with Gasteiger partial charge in [0.15, 0.2) is 0 Å². The van der Waals surface area contributed by atoms with Crippen LogP contribution in [0, 0.1) is 5.92 Å². The van der Waals surface area contributed by atoms with Gasteiger partial charge in [0.25, 0.3) is 0 Å². The van der Waals surface area contributed by atoms with Crippen LogP contribution in [0.25, 0.3) is 0 Å². The zero-order valence-electron chi connectivity index (χ0n) is 14.4. The Balaban J connectivity index is 1.69. The summed E-state index contributed by atoms with van der Waals surface area (Å²) < 4.78 is 0. The second kappa shape index (κ2) is 7.48. The van der Waals surface area contributed by atoms with Gasteiger partial charge in [-0.1, -0.05) is 43.2 Å². The fourth-order valence-electron chi connectivity index (χ4n) is 4.44. The molecule has 0 spiro atoms. The van der Waals surface area contributed by atoms with Crippen LogP contribution in [-0.2, 0) is 10.2 Å². The molecule has 0 radical (unpaired) electrons. The van der Waals surface area contributed by atoms with E-state index < -0.39 is 0 Å². The molecule has 3 rings (SSSR count). The lowest BCUT2D eigenvalue weighted by molar-refractivity contribution is -0.138. The number of rotatable bonds is 5. The van der Waals surface area contributed by atoms with E-state index in [1.165, 1.54) is 24.8 Å². The van der Waals surface area contributed by atoms with Crippen molar-refractivity contribution in [2.75, 3.05) is 26.7 Å². The zero-order valence-corrected chi connectivity index (χ0v) is 14.4. The second-order valence-electron chi connectivity index (χ2n) is 7.28. The third-order valence-electron chi connectivity index (χ3n) is 5.90. The van der Waals surface area contributed by atoms with Gasteiger partial charge >= 0.3 is 0 Å². The number of benzene rings is 1. The number of nitrogens with one attached hydrogen (secondary N) is 1. The Morgan fingerprint density at radius 1 is 1.17 bits per heavy atom. The number of likely N-dealkylation sites (tertiary alicyclic amines) is 1. The van der Waals surface area contributed by atoms with Crippen LogP contribution >= 0.6 is 0 Å². The fourth-order valence-corrected chi connectivity index (χ4v) is 4.44. The first-order valence-corrected chi connectivity index (χ1v) is 9.26. The molecule has 1 N–H and O–H groups in total. The van der Waals surface area contributed by atoms with Crippen molar-refractivity contribution in [3.05, 3.63) is 35.9 Å². The normalized spacial score (nSPS) is 21.5. The average Bonchev–Trinajstić information content (AvgIpc) is 3.11. The van der Waals surface area contributed by atoms with Crippen LogP contribution in [0.5, 0.6) is 0 Å². The smallest absolute Gasteiger partial charge is 0.233 e. The predicted octanol–water partition coefficient (Wildman–Crippen LogP) is 3.35. The Hall–Kier alpha value is -1.35. The van der Waals surface area contributed by atoms with Gasteiger partial charge in [-0.05, 0) is 57.2 Å². The number of hydrogen-bond donors (Lipinski definition) is 1. The van der Waals surface area contributed by atoms with Crippen molar-refractivity contribution in [1.82, 2.24) is 10.2 Å². The molecule has 3 heteroatoms. The first kappa shape index (κ1) is 16.5. The number of piperidine rings is 1. The summed E-state index contributed by atoms with van der Waals surface area (Å²) in [4.78, 5) is 15.5. The molecular weight excluding hydrogens is 284 g/mol. The Kier molecular flexibility index (Phi) is 5.37. The molecule has 1 saturated carbocycles. The standard InChI is InChI=1S/C20H30N2O/c1-21-14-9-17-10-15-22(16-11-17)19(23)20(12-5-6-13-20)18-7-3-2-4-8-18/h2-4,7-8,17,21H,5-6,9-16H2,1H3. The van der Waals surface area contributed by atoms with E-state index in [9.17, 15) is 4.79 Å². The maximum absolute atomic E-state index is 13.4. The largest absolute Gasteiger partial charge is 0.342 e. The Labute approximate surface area is 140 Å². The molecule has 0 atom stereocenters. The Morgan fingerprint density at radius 3 is 2.43 bits per heavy atom. The number of amides is 1. The fraction of sp³-hybridized carbons (Fsp3) is 0.650. The van der Waals surface area contributed by atoms with Gasteiger partial charge in [0, 0.05) is 13.1 Å². The number of hydrogen-bond acceptors (Lipinski definition) is 2. The third kappa shape index (κ3) is 3.45. The quantitative estimate of drug-likeness (QED) is 0.904. The van der Waals surface area contributed by atoms with Gasteiger partial charge in [0.05, 0.1) is 5.41 Å². The van der Waals surface area contributed by atoms with E-state index in [1.807, 2.05) is 13.1 Å². The molecule has 126 valence electrons. The van der Waals surface area contributed by atoms with E-state index in [4.69, 9.17) is 0 Å². The van der Waals surface area contributed by atoms with E-state index in [2.05, 4.69) is 34.5 Å². The highest BCUT2D eigenvalue weighted by Crippen LogP contribution is 2.43. The Bertz CT molecular complexity index is 500. The molecule has 3 nitrogen and oxygen atoms in total. The highest BCUT2D eigenvalue weighted by Gasteiger charge is 2.45. The summed E-state index contributed by atoms with van der Waals surface area (Å²) >= 11 is 0. The molecule has 1 aliphatic carbocycles. The molecule has 23 heavy (non-hydrogen) atoms. The molecular formula is C20H30N2O. The van der Waals surface area contributed by atoms with E-state index in [-0.39, 0.29) is 5.41 Å². The van der Waals surface area contributed by atoms with Crippen LogP contribution in [0.4, 0.5) is 0 Å². The summed E-state index contributed by atoms with van der Waals surface area (Å²) in [5, 5.41) is 3.24. The first-order chi connectivity index (χ1) is 11.3. The van der Waals surface area contributed by atoms with Crippen LogP contribution in [-0.4, -0.2) is 37.5 Å². The maximum Gasteiger partial charge on any atom is 0.233 e. The monoisotopic (exact) mass is 314 g/mol.